The Kier molecular flexibility index (Phi) is 6.55. The molecule has 7 heteroatoms. The van der Waals surface area contributed by atoms with Gasteiger partial charge in [-0.1, -0.05) is 12.5 Å². The molecule has 0 aromatic heterocycles. The number of carbonyl (C=O) groups excluding carboxylic acids is 1. The molecule has 0 spiro atoms. The molecule has 0 saturated carbocycles. The standard InChI is InChI=1S/C20H30N2O4S/c1-16-8-3-5-12-22(16)27(24,25)19-11-7-9-17(14-19)20(23)21(2)15-18-10-4-6-13-26-18/h7,9,11,14,16,18H,3-6,8,10,12-13,15H2,1-2H3. The fraction of sp³-hybridized carbons (Fsp3) is 0.650. The zero-order valence-electron chi connectivity index (χ0n) is 16.3. The van der Waals surface area contributed by atoms with Crippen LogP contribution in [0.5, 0.6) is 0 Å². The number of ether oxygens (including phenoxy) is 1. The Bertz CT molecular complexity index is 759. The molecule has 2 unspecified atom stereocenters. The average Bonchev–Trinajstić information content (AvgIpc) is 2.68. The minimum absolute atomic E-state index is 0.00534. The van der Waals surface area contributed by atoms with E-state index in [1.165, 1.54) is 6.07 Å². The first-order valence-corrected chi connectivity index (χ1v) is 11.3. The molecule has 0 bridgehead atoms. The van der Waals surface area contributed by atoms with Crippen molar-refractivity contribution >= 4 is 15.9 Å². The second-order valence-corrected chi connectivity index (χ2v) is 9.55. The number of likely N-dealkylation sites (N-methyl/N-ethyl adjacent to an activating group) is 1. The van der Waals surface area contributed by atoms with Gasteiger partial charge in [-0.2, -0.15) is 4.31 Å². The van der Waals surface area contributed by atoms with E-state index in [1.54, 1.807) is 34.5 Å². The van der Waals surface area contributed by atoms with Crippen molar-refractivity contribution in [2.75, 3.05) is 26.7 Å². The van der Waals surface area contributed by atoms with Gasteiger partial charge in [-0.05, 0) is 57.2 Å². The van der Waals surface area contributed by atoms with E-state index in [2.05, 4.69) is 0 Å². The molecule has 2 aliphatic heterocycles. The fourth-order valence-electron chi connectivity index (χ4n) is 3.91. The van der Waals surface area contributed by atoms with Crippen LogP contribution in [0.4, 0.5) is 0 Å². The minimum atomic E-state index is -3.58. The van der Waals surface area contributed by atoms with Crippen LogP contribution in [0.1, 0.15) is 55.8 Å². The number of nitrogens with zero attached hydrogens (tertiary/aromatic N) is 2. The van der Waals surface area contributed by atoms with Gasteiger partial charge in [0, 0.05) is 38.3 Å². The summed E-state index contributed by atoms with van der Waals surface area (Å²) in [4.78, 5) is 14.6. The van der Waals surface area contributed by atoms with Gasteiger partial charge in [0.2, 0.25) is 10.0 Å². The summed E-state index contributed by atoms with van der Waals surface area (Å²) in [5.41, 5.74) is 0.402. The predicted octanol–water partition coefficient (Wildman–Crippen LogP) is 2.89. The van der Waals surface area contributed by atoms with Crippen molar-refractivity contribution in [2.24, 2.45) is 0 Å². The van der Waals surface area contributed by atoms with Crippen LogP contribution in [-0.4, -0.2) is 62.4 Å². The van der Waals surface area contributed by atoms with E-state index in [0.717, 1.165) is 45.1 Å². The smallest absolute Gasteiger partial charge is 0.253 e. The SMILES string of the molecule is CC1CCCCN1S(=O)(=O)c1cccc(C(=O)N(C)CC2CCCCO2)c1. The van der Waals surface area contributed by atoms with Gasteiger partial charge >= 0.3 is 0 Å². The number of amides is 1. The summed E-state index contributed by atoms with van der Waals surface area (Å²) in [5, 5.41) is 0. The first kappa shape index (κ1) is 20.3. The number of sulfonamides is 1. The van der Waals surface area contributed by atoms with Crippen molar-refractivity contribution in [1.82, 2.24) is 9.21 Å². The van der Waals surface area contributed by atoms with E-state index >= 15 is 0 Å². The summed E-state index contributed by atoms with van der Waals surface area (Å²) in [6, 6.07) is 6.42. The Morgan fingerprint density at radius 3 is 2.70 bits per heavy atom. The molecule has 6 nitrogen and oxygen atoms in total. The highest BCUT2D eigenvalue weighted by molar-refractivity contribution is 7.89. The van der Waals surface area contributed by atoms with Gasteiger partial charge in [0.15, 0.2) is 0 Å². The Hall–Kier alpha value is -1.44. The van der Waals surface area contributed by atoms with Crippen molar-refractivity contribution in [3.05, 3.63) is 29.8 Å². The normalized spacial score (nSPS) is 24.5. The number of hydrogen-bond acceptors (Lipinski definition) is 4. The summed E-state index contributed by atoms with van der Waals surface area (Å²) >= 11 is 0. The quantitative estimate of drug-likeness (QED) is 0.770. The molecular weight excluding hydrogens is 364 g/mol. The Morgan fingerprint density at radius 2 is 2.00 bits per heavy atom. The van der Waals surface area contributed by atoms with E-state index in [1.807, 2.05) is 6.92 Å². The number of rotatable bonds is 5. The highest BCUT2D eigenvalue weighted by Gasteiger charge is 2.31. The van der Waals surface area contributed by atoms with Gasteiger partial charge in [0.25, 0.3) is 5.91 Å². The lowest BCUT2D eigenvalue weighted by atomic mass is 10.1. The Balaban J connectivity index is 1.75. The molecule has 150 valence electrons. The van der Waals surface area contributed by atoms with Crippen LogP contribution in [0.2, 0.25) is 0 Å². The zero-order chi connectivity index (χ0) is 19.4. The minimum Gasteiger partial charge on any atom is -0.376 e. The maximum atomic E-state index is 13.0. The third kappa shape index (κ3) is 4.70. The predicted molar refractivity (Wildman–Crippen MR) is 104 cm³/mol. The zero-order valence-corrected chi connectivity index (χ0v) is 17.1. The van der Waals surface area contributed by atoms with E-state index in [0.29, 0.717) is 18.7 Å². The number of hydrogen-bond donors (Lipinski definition) is 0. The van der Waals surface area contributed by atoms with Crippen LogP contribution in [0, 0.1) is 0 Å². The molecule has 27 heavy (non-hydrogen) atoms. The summed E-state index contributed by atoms with van der Waals surface area (Å²) < 4.78 is 33.4. The third-order valence-corrected chi connectivity index (χ3v) is 7.54. The van der Waals surface area contributed by atoms with Crippen LogP contribution in [0.25, 0.3) is 0 Å². The monoisotopic (exact) mass is 394 g/mol. The van der Waals surface area contributed by atoms with Crippen molar-refractivity contribution < 1.29 is 17.9 Å². The Morgan fingerprint density at radius 1 is 1.22 bits per heavy atom. The summed E-state index contributed by atoms with van der Waals surface area (Å²) in [6.45, 7) is 3.76. The molecular formula is C20H30N2O4S. The molecule has 2 aliphatic rings. The molecule has 0 radical (unpaired) electrons. The van der Waals surface area contributed by atoms with E-state index in [9.17, 15) is 13.2 Å². The highest BCUT2D eigenvalue weighted by atomic mass is 32.2. The van der Waals surface area contributed by atoms with Gasteiger partial charge in [-0.15, -0.1) is 0 Å². The second kappa shape index (κ2) is 8.71. The van der Waals surface area contributed by atoms with Gasteiger partial charge in [-0.3, -0.25) is 4.79 Å². The summed E-state index contributed by atoms with van der Waals surface area (Å²) in [5.74, 6) is -0.173. The van der Waals surface area contributed by atoms with Gasteiger partial charge < -0.3 is 9.64 Å². The van der Waals surface area contributed by atoms with Gasteiger partial charge in [0.05, 0.1) is 11.0 Å². The van der Waals surface area contributed by atoms with Gasteiger partial charge in [0.1, 0.15) is 0 Å². The maximum absolute atomic E-state index is 13.0. The van der Waals surface area contributed by atoms with Crippen LogP contribution in [0.3, 0.4) is 0 Å². The molecule has 2 atom stereocenters. The first-order valence-electron chi connectivity index (χ1n) is 9.88. The van der Waals surface area contributed by atoms with Gasteiger partial charge in [-0.25, -0.2) is 8.42 Å². The lowest BCUT2D eigenvalue weighted by Gasteiger charge is -2.32. The molecule has 2 heterocycles. The lowest BCUT2D eigenvalue weighted by Crippen LogP contribution is -2.42. The summed E-state index contributed by atoms with van der Waals surface area (Å²) in [7, 11) is -1.84. The molecule has 0 aliphatic carbocycles. The third-order valence-electron chi connectivity index (χ3n) is 5.53. The van der Waals surface area contributed by atoms with Crippen molar-refractivity contribution in [1.29, 1.82) is 0 Å². The maximum Gasteiger partial charge on any atom is 0.253 e. The fourth-order valence-corrected chi connectivity index (χ4v) is 5.66. The molecule has 1 amide bonds. The molecule has 1 aromatic rings. The number of piperidine rings is 1. The second-order valence-electron chi connectivity index (χ2n) is 7.66. The molecule has 2 saturated heterocycles. The highest BCUT2D eigenvalue weighted by Crippen LogP contribution is 2.26. The van der Waals surface area contributed by atoms with Crippen LogP contribution in [-0.2, 0) is 14.8 Å². The number of carbonyl (C=O) groups is 1. The van der Waals surface area contributed by atoms with E-state index in [4.69, 9.17) is 4.74 Å². The largest absolute Gasteiger partial charge is 0.376 e. The van der Waals surface area contributed by atoms with Crippen LogP contribution < -0.4 is 0 Å². The average molecular weight is 395 g/mol. The lowest BCUT2D eigenvalue weighted by molar-refractivity contribution is -0.000192. The summed E-state index contributed by atoms with van der Waals surface area (Å²) in [6.07, 6.45) is 6.03. The first-order chi connectivity index (χ1) is 12.9. The van der Waals surface area contributed by atoms with Crippen molar-refractivity contribution in [2.45, 2.75) is 62.5 Å². The van der Waals surface area contributed by atoms with Crippen molar-refractivity contribution in [3.63, 3.8) is 0 Å². The van der Waals surface area contributed by atoms with Crippen molar-refractivity contribution in [3.8, 4) is 0 Å². The van der Waals surface area contributed by atoms with Crippen LogP contribution >= 0.6 is 0 Å². The Labute approximate surface area is 162 Å². The topological polar surface area (TPSA) is 66.9 Å². The molecule has 2 fully saturated rings. The van der Waals surface area contributed by atoms with Crippen LogP contribution in [0.15, 0.2) is 29.2 Å². The van der Waals surface area contributed by atoms with E-state index < -0.39 is 10.0 Å². The molecule has 1 aromatic carbocycles. The number of benzene rings is 1. The molecule has 3 rings (SSSR count). The van der Waals surface area contributed by atoms with E-state index in [-0.39, 0.29) is 22.9 Å². The molecule has 0 N–H and O–H groups in total.